The zero-order valence-corrected chi connectivity index (χ0v) is 13.1. The molecular weight excluding hydrogens is 252 g/mol. The molecule has 2 fully saturated rings. The van der Waals surface area contributed by atoms with E-state index in [1.54, 1.807) is 0 Å². The summed E-state index contributed by atoms with van der Waals surface area (Å²) >= 11 is 0. The summed E-state index contributed by atoms with van der Waals surface area (Å²) in [4.78, 5) is 14.7. The third-order valence-corrected chi connectivity index (χ3v) is 4.98. The largest absolute Gasteiger partial charge is 0.468 e. The first kappa shape index (κ1) is 15.8. The van der Waals surface area contributed by atoms with E-state index in [4.69, 9.17) is 4.74 Å². The van der Waals surface area contributed by atoms with E-state index in [0.29, 0.717) is 6.04 Å². The van der Waals surface area contributed by atoms with Gasteiger partial charge in [-0.15, -0.1) is 0 Å². The number of esters is 1. The number of nitrogens with zero attached hydrogens (tertiary/aromatic N) is 1. The van der Waals surface area contributed by atoms with Crippen LogP contribution in [0, 0.1) is 0 Å². The molecule has 2 aliphatic rings. The third-order valence-electron chi connectivity index (χ3n) is 4.98. The van der Waals surface area contributed by atoms with E-state index in [0.717, 1.165) is 32.4 Å². The highest BCUT2D eigenvalue weighted by Gasteiger charge is 2.41. The standard InChI is InChI=1S/C16H30N2O2/c1-18-12-7-10-16(11-13-18,15(19)20-2)17-14-8-5-3-4-6-9-14/h14,17H,3-13H2,1-2H3. The van der Waals surface area contributed by atoms with Gasteiger partial charge in [0.05, 0.1) is 7.11 Å². The van der Waals surface area contributed by atoms with Gasteiger partial charge in [-0.3, -0.25) is 10.1 Å². The van der Waals surface area contributed by atoms with Crippen LogP contribution < -0.4 is 5.32 Å². The average Bonchev–Trinajstić information content (AvgIpc) is 2.81. The van der Waals surface area contributed by atoms with Gasteiger partial charge in [0.2, 0.25) is 0 Å². The summed E-state index contributed by atoms with van der Waals surface area (Å²) in [5.41, 5.74) is -0.450. The van der Waals surface area contributed by atoms with Crippen LogP contribution in [0.1, 0.15) is 57.8 Å². The summed E-state index contributed by atoms with van der Waals surface area (Å²) in [6, 6.07) is 0.486. The molecule has 20 heavy (non-hydrogen) atoms. The molecule has 1 heterocycles. The van der Waals surface area contributed by atoms with E-state index in [1.165, 1.54) is 45.6 Å². The fourth-order valence-electron chi connectivity index (χ4n) is 3.69. The molecule has 1 aliphatic carbocycles. The molecule has 116 valence electrons. The Labute approximate surface area is 123 Å². The number of carbonyl (C=O) groups excluding carboxylic acids is 1. The van der Waals surface area contributed by atoms with E-state index in [-0.39, 0.29) is 5.97 Å². The van der Waals surface area contributed by atoms with Crippen LogP contribution in [0.5, 0.6) is 0 Å². The summed E-state index contributed by atoms with van der Waals surface area (Å²) in [5, 5.41) is 3.72. The van der Waals surface area contributed by atoms with Crippen molar-refractivity contribution in [1.29, 1.82) is 0 Å². The third kappa shape index (κ3) is 3.95. The van der Waals surface area contributed by atoms with Gasteiger partial charge in [-0.2, -0.15) is 0 Å². The normalized spacial score (nSPS) is 30.5. The fourth-order valence-corrected chi connectivity index (χ4v) is 3.69. The molecule has 0 amide bonds. The number of hydrogen-bond donors (Lipinski definition) is 1. The summed E-state index contributed by atoms with van der Waals surface area (Å²) in [6.45, 7) is 2.04. The number of carbonyl (C=O) groups is 1. The zero-order chi connectivity index (χ0) is 14.4. The van der Waals surface area contributed by atoms with Gasteiger partial charge in [-0.25, -0.2) is 0 Å². The number of methoxy groups -OCH3 is 1. The Bertz CT molecular complexity index is 314. The SMILES string of the molecule is COC(=O)C1(NC2CCCCCC2)CCCN(C)CC1. The highest BCUT2D eigenvalue weighted by atomic mass is 16.5. The minimum atomic E-state index is -0.450. The van der Waals surface area contributed by atoms with Crippen molar-refractivity contribution < 1.29 is 9.53 Å². The van der Waals surface area contributed by atoms with Crippen LogP contribution in [-0.2, 0) is 9.53 Å². The van der Waals surface area contributed by atoms with Crippen LogP contribution in [0.3, 0.4) is 0 Å². The summed E-state index contributed by atoms with van der Waals surface area (Å²) < 4.78 is 5.14. The number of rotatable bonds is 3. The van der Waals surface area contributed by atoms with E-state index >= 15 is 0 Å². The van der Waals surface area contributed by atoms with E-state index in [9.17, 15) is 4.79 Å². The van der Waals surface area contributed by atoms with Gasteiger partial charge in [0.1, 0.15) is 5.54 Å². The van der Waals surface area contributed by atoms with Gasteiger partial charge >= 0.3 is 5.97 Å². The fraction of sp³-hybridized carbons (Fsp3) is 0.938. The van der Waals surface area contributed by atoms with E-state index in [1.807, 2.05) is 0 Å². The minimum absolute atomic E-state index is 0.0583. The van der Waals surface area contributed by atoms with Crippen molar-refractivity contribution in [3.8, 4) is 0 Å². The summed E-state index contributed by atoms with van der Waals surface area (Å²) in [7, 11) is 3.66. The smallest absolute Gasteiger partial charge is 0.326 e. The minimum Gasteiger partial charge on any atom is -0.468 e. The number of likely N-dealkylation sites (tertiary alicyclic amines) is 1. The quantitative estimate of drug-likeness (QED) is 0.637. The second-order valence-electron chi connectivity index (χ2n) is 6.56. The molecule has 1 saturated carbocycles. The molecule has 1 saturated heterocycles. The lowest BCUT2D eigenvalue weighted by Crippen LogP contribution is -2.56. The first-order chi connectivity index (χ1) is 9.66. The molecule has 1 unspecified atom stereocenters. The van der Waals surface area contributed by atoms with Gasteiger partial charge in [0.25, 0.3) is 0 Å². The highest BCUT2D eigenvalue weighted by molar-refractivity contribution is 5.80. The first-order valence-electron chi connectivity index (χ1n) is 8.21. The zero-order valence-electron chi connectivity index (χ0n) is 13.1. The molecule has 0 bridgehead atoms. The van der Waals surface area contributed by atoms with Crippen LogP contribution in [0.4, 0.5) is 0 Å². The summed E-state index contributed by atoms with van der Waals surface area (Å²) in [6.07, 6.45) is 10.5. The van der Waals surface area contributed by atoms with Crippen LogP contribution in [0.2, 0.25) is 0 Å². The predicted octanol–water partition coefficient (Wildman–Crippen LogP) is 2.33. The Kier molecular flexibility index (Phi) is 5.85. The van der Waals surface area contributed by atoms with Crippen molar-refractivity contribution in [2.75, 3.05) is 27.2 Å². The van der Waals surface area contributed by atoms with Crippen molar-refractivity contribution >= 4 is 5.97 Å². The van der Waals surface area contributed by atoms with Crippen molar-refractivity contribution in [2.45, 2.75) is 69.4 Å². The molecular formula is C16H30N2O2. The van der Waals surface area contributed by atoms with Crippen molar-refractivity contribution in [2.24, 2.45) is 0 Å². The topological polar surface area (TPSA) is 41.6 Å². The molecule has 0 aromatic heterocycles. The number of nitrogens with one attached hydrogen (secondary N) is 1. The van der Waals surface area contributed by atoms with Gasteiger partial charge in [0.15, 0.2) is 0 Å². The molecule has 4 nitrogen and oxygen atoms in total. The van der Waals surface area contributed by atoms with Gasteiger partial charge in [0, 0.05) is 12.6 Å². The molecule has 4 heteroatoms. The highest BCUT2D eigenvalue weighted by Crippen LogP contribution is 2.27. The predicted molar refractivity (Wildman–Crippen MR) is 80.7 cm³/mol. The Morgan fingerprint density at radius 1 is 1.10 bits per heavy atom. The Morgan fingerprint density at radius 2 is 1.80 bits per heavy atom. The molecule has 1 atom stereocenters. The average molecular weight is 282 g/mol. The lowest BCUT2D eigenvalue weighted by atomic mass is 9.88. The molecule has 0 spiro atoms. The molecule has 1 N–H and O–H groups in total. The van der Waals surface area contributed by atoms with Crippen molar-refractivity contribution in [3.05, 3.63) is 0 Å². The Morgan fingerprint density at radius 3 is 2.45 bits per heavy atom. The van der Waals surface area contributed by atoms with Crippen LogP contribution in [0.15, 0.2) is 0 Å². The van der Waals surface area contributed by atoms with Crippen molar-refractivity contribution in [3.63, 3.8) is 0 Å². The maximum absolute atomic E-state index is 12.4. The first-order valence-corrected chi connectivity index (χ1v) is 8.21. The molecule has 0 aromatic rings. The molecule has 0 aromatic carbocycles. The molecule has 1 aliphatic heterocycles. The monoisotopic (exact) mass is 282 g/mol. The van der Waals surface area contributed by atoms with E-state index in [2.05, 4.69) is 17.3 Å². The molecule has 0 radical (unpaired) electrons. The van der Waals surface area contributed by atoms with E-state index < -0.39 is 5.54 Å². The Balaban J connectivity index is 2.07. The Hall–Kier alpha value is -0.610. The van der Waals surface area contributed by atoms with Gasteiger partial charge < -0.3 is 9.64 Å². The lowest BCUT2D eigenvalue weighted by molar-refractivity contribution is -0.149. The van der Waals surface area contributed by atoms with Crippen LogP contribution >= 0.6 is 0 Å². The van der Waals surface area contributed by atoms with Gasteiger partial charge in [-0.05, 0) is 45.7 Å². The second-order valence-corrected chi connectivity index (χ2v) is 6.56. The van der Waals surface area contributed by atoms with Gasteiger partial charge in [-0.1, -0.05) is 25.7 Å². The maximum atomic E-state index is 12.4. The van der Waals surface area contributed by atoms with Crippen molar-refractivity contribution in [1.82, 2.24) is 10.2 Å². The number of hydrogen-bond acceptors (Lipinski definition) is 4. The summed E-state index contributed by atoms with van der Waals surface area (Å²) in [5.74, 6) is -0.0583. The maximum Gasteiger partial charge on any atom is 0.326 e. The number of ether oxygens (including phenoxy) is 1. The second kappa shape index (κ2) is 7.41. The molecule has 2 rings (SSSR count). The lowest BCUT2D eigenvalue weighted by Gasteiger charge is -2.35. The van der Waals surface area contributed by atoms with Crippen LogP contribution in [-0.4, -0.2) is 49.7 Å². The van der Waals surface area contributed by atoms with Crippen LogP contribution in [0.25, 0.3) is 0 Å².